The van der Waals surface area contributed by atoms with Gasteiger partial charge >= 0.3 is 0 Å². The van der Waals surface area contributed by atoms with Crippen LogP contribution in [0.4, 0.5) is 0 Å². The van der Waals surface area contributed by atoms with E-state index in [0.29, 0.717) is 0 Å². The molecule has 0 bridgehead atoms. The van der Waals surface area contributed by atoms with Crippen molar-refractivity contribution < 1.29 is 0 Å². The minimum Gasteiger partial charge on any atom is -0.313 e. The summed E-state index contributed by atoms with van der Waals surface area (Å²) in [6, 6.07) is 12.0. The summed E-state index contributed by atoms with van der Waals surface area (Å²) in [6.07, 6.45) is 8.55. The molecule has 1 N–H and O–H groups in total. The van der Waals surface area contributed by atoms with Gasteiger partial charge in [0, 0.05) is 12.6 Å². The van der Waals surface area contributed by atoms with E-state index in [2.05, 4.69) is 35.6 Å². The number of rotatable bonds is 5. The summed E-state index contributed by atoms with van der Waals surface area (Å²) >= 11 is 0. The average Bonchev–Trinajstić information content (AvgIpc) is 3.04. The predicted octanol–water partition coefficient (Wildman–Crippen LogP) is 3.71. The Kier molecular flexibility index (Phi) is 3.46. The molecule has 92 valence electrons. The largest absolute Gasteiger partial charge is 0.313 e. The Morgan fingerprint density at radius 2 is 1.71 bits per heavy atom. The summed E-state index contributed by atoms with van der Waals surface area (Å²) in [5.74, 6) is 1.67. The molecule has 1 nitrogen and oxygen atoms in total. The lowest BCUT2D eigenvalue weighted by molar-refractivity contribution is 0.410. The van der Waals surface area contributed by atoms with Crippen molar-refractivity contribution in [3.63, 3.8) is 0 Å². The van der Waals surface area contributed by atoms with E-state index in [4.69, 9.17) is 0 Å². The molecule has 1 heteroatoms. The molecule has 2 saturated carbocycles. The first-order valence-electron chi connectivity index (χ1n) is 7.22. The van der Waals surface area contributed by atoms with Crippen molar-refractivity contribution in [1.82, 2.24) is 5.32 Å². The van der Waals surface area contributed by atoms with Gasteiger partial charge in [-0.15, -0.1) is 0 Å². The summed E-state index contributed by atoms with van der Waals surface area (Å²) in [4.78, 5) is 0. The van der Waals surface area contributed by atoms with E-state index in [1.165, 1.54) is 45.1 Å². The standard InChI is InChI=1S/C16H23N/c1-2-6-13(7-3-1)16(12-17-15-10-11-15)14-8-4-5-9-14/h1-3,6-7,14-17H,4-5,8-12H2. The highest BCUT2D eigenvalue weighted by Gasteiger charge is 2.28. The Labute approximate surface area is 105 Å². The molecule has 0 heterocycles. The van der Waals surface area contributed by atoms with Crippen LogP contribution < -0.4 is 5.32 Å². The van der Waals surface area contributed by atoms with Crippen LogP contribution in [0.25, 0.3) is 0 Å². The smallest absolute Gasteiger partial charge is 0.00684 e. The van der Waals surface area contributed by atoms with Crippen molar-refractivity contribution in [2.24, 2.45) is 5.92 Å². The molecule has 0 radical (unpaired) electrons. The second kappa shape index (κ2) is 5.22. The molecule has 17 heavy (non-hydrogen) atoms. The number of hydrogen-bond donors (Lipinski definition) is 1. The highest BCUT2D eigenvalue weighted by molar-refractivity contribution is 5.21. The van der Waals surface area contributed by atoms with E-state index >= 15 is 0 Å². The molecule has 0 amide bonds. The summed E-state index contributed by atoms with van der Waals surface area (Å²) < 4.78 is 0. The first-order valence-corrected chi connectivity index (χ1v) is 7.22. The van der Waals surface area contributed by atoms with E-state index in [1.54, 1.807) is 5.56 Å². The van der Waals surface area contributed by atoms with Gasteiger partial charge in [-0.3, -0.25) is 0 Å². The molecule has 0 spiro atoms. The van der Waals surface area contributed by atoms with Gasteiger partial charge in [-0.2, -0.15) is 0 Å². The maximum Gasteiger partial charge on any atom is 0.00684 e. The molecule has 1 aromatic carbocycles. The van der Waals surface area contributed by atoms with Crippen LogP contribution in [-0.4, -0.2) is 12.6 Å². The molecular formula is C16H23N. The van der Waals surface area contributed by atoms with E-state index in [-0.39, 0.29) is 0 Å². The van der Waals surface area contributed by atoms with E-state index in [1.807, 2.05) is 0 Å². The quantitative estimate of drug-likeness (QED) is 0.811. The Balaban J connectivity index is 1.69. The highest BCUT2D eigenvalue weighted by Crippen LogP contribution is 2.37. The molecule has 1 aromatic rings. The Morgan fingerprint density at radius 3 is 2.35 bits per heavy atom. The average molecular weight is 229 g/mol. The predicted molar refractivity (Wildman–Crippen MR) is 72.2 cm³/mol. The lowest BCUT2D eigenvalue weighted by Crippen LogP contribution is -2.27. The van der Waals surface area contributed by atoms with Crippen molar-refractivity contribution in [2.45, 2.75) is 50.5 Å². The summed E-state index contributed by atoms with van der Waals surface area (Å²) in [5, 5.41) is 3.73. The fourth-order valence-electron chi connectivity index (χ4n) is 3.20. The van der Waals surface area contributed by atoms with Gasteiger partial charge in [0.1, 0.15) is 0 Å². The molecule has 1 unspecified atom stereocenters. The molecule has 1 atom stereocenters. The van der Waals surface area contributed by atoms with Crippen LogP contribution in [0.5, 0.6) is 0 Å². The van der Waals surface area contributed by atoms with Gasteiger partial charge in [-0.1, -0.05) is 43.2 Å². The molecular weight excluding hydrogens is 206 g/mol. The minimum absolute atomic E-state index is 0.749. The summed E-state index contributed by atoms with van der Waals surface area (Å²) in [6.45, 7) is 1.19. The Hall–Kier alpha value is -0.820. The zero-order valence-electron chi connectivity index (χ0n) is 10.6. The first-order chi connectivity index (χ1) is 8.43. The van der Waals surface area contributed by atoms with Crippen LogP contribution in [0.15, 0.2) is 30.3 Å². The maximum absolute atomic E-state index is 3.73. The van der Waals surface area contributed by atoms with Crippen molar-refractivity contribution in [3.05, 3.63) is 35.9 Å². The van der Waals surface area contributed by atoms with Gasteiger partial charge in [0.25, 0.3) is 0 Å². The minimum atomic E-state index is 0.749. The van der Waals surface area contributed by atoms with Gasteiger partial charge < -0.3 is 5.32 Å². The molecule has 0 aliphatic heterocycles. The SMILES string of the molecule is c1ccc(C(CNC2CC2)C2CCCC2)cc1. The van der Waals surface area contributed by atoms with Crippen molar-refractivity contribution in [2.75, 3.05) is 6.54 Å². The van der Waals surface area contributed by atoms with Crippen LogP contribution in [0.3, 0.4) is 0 Å². The zero-order valence-corrected chi connectivity index (χ0v) is 10.6. The first kappa shape index (κ1) is 11.3. The van der Waals surface area contributed by atoms with Gasteiger partial charge in [-0.05, 0) is 43.1 Å². The van der Waals surface area contributed by atoms with Crippen LogP contribution in [-0.2, 0) is 0 Å². The van der Waals surface area contributed by atoms with Crippen molar-refractivity contribution in [1.29, 1.82) is 0 Å². The highest BCUT2D eigenvalue weighted by atomic mass is 14.9. The molecule has 3 rings (SSSR count). The molecule has 2 aliphatic rings. The van der Waals surface area contributed by atoms with Crippen LogP contribution in [0, 0.1) is 5.92 Å². The van der Waals surface area contributed by atoms with Gasteiger partial charge in [0.15, 0.2) is 0 Å². The van der Waals surface area contributed by atoms with E-state index < -0.39 is 0 Å². The molecule has 2 fully saturated rings. The topological polar surface area (TPSA) is 12.0 Å². The monoisotopic (exact) mass is 229 g/mol. The van der Waals surface area contributed by atoms with Crippen LogP contribution in [0.1, 0.15) is 50.0 Å². The number of benzene rings is 1. The van der Waals surface area contributed by atoms with Crippen LogP contribution in [0.2, 0.25) is 0 Å². The Morgan fingerprint density at radius 1 is 1.00 bits per heavy atom. The van der Waals surface area contributed by atoms with Gasteiger partial charge in [-0.25, -0.2) is 0 Å². The third-order valence-electron chi connectivity index (χ3n) is 4.40. The van der Waals surface area contributed by atoms with E-state index in [0.717, 1.165) is 17.9 Å². The Bertz CT molecular complexity index is 336. The maximum atomic E-state index is 3.73. The molecule has 2 aliphatic carbocycles. The summed E-state index contributed by atoms with van der Waals surface area (Å²) in [7, 11) is 0. The normalized spacial score (nSPS) is 22.8. The fraction of sp³-hybridized carbons (Fsp3) is 0.625. The second-order valence-corrected chi connectivity index (χ2v) is 5.74. The fourth-order valence-corrected chi connectivity index (χ4v) is 3.20. The molecule has 0 aromatic heterocycles. The lowest BCUT2D eigenvalue weighted by Gasteiger charge is -2.24. The zero-order chi connectivity index (χ0) is 11.5. The van der Waals surface area contributed by atoms with Crippen LogP contribution >= 0.6 is 0 Å². The third-order valence-corrected chi connectivity index (χ3v) is 4.40. The van der Waals surface area contributed by atoms with Crippen molar-refractivity contribution in [3.8, 4) is 0 Å². The van der Waals surface area contributed by atoms with Gasteiger partial charge in [0.2, 0.25) is 0 Å². The molecule has 0 saturated heterocycles. The lowest BCUT2D eigenvalue weighted by atomic mass is 9.85. The third kappa shape index (κ3) is 2.90. The van der Waals surface area contributed by atoms with Crippen molar-refractivity contribution >= 4 is 0 Å². The number of hydrogen-bond acceptors (Lipinski definition) is 1. The summed E-state index contributed by atoms with van der Waals surface area (Å²) in [5.41, 5.74) is 1.55. The van der Waals surface area contributed by atoms with E-state index in [9.17, 15) is 0 Å². The number of nitrogens with one attached hydrogen (secondary N) is 1. The van der Waals surface area contributed by atoms with Gasteiger partial charge in [0.05, 0.1) is 0 Å². The second-order valence-electron chi connectivity index (χ2n) is 5.74.